The van der Waals surface area contributed by atoms with Crippen LogP contribution in [0.3, 0.4) is 0 Å². The molecule has 3 aromatic rings. The second-order valence-electron chi connectivity index (χ2n) is 9.09. The van der Waals surface area contributed by atoms with Gasteiger partial charge in [0.15, 0.2) is 0 Å². The third-order valence-electron chi connectivity index (χ3n) is 6.77. The Kier molecular flexibility index (Phi) is 6.41. The van der Waals surface area contributed by atoms with Gasteiger partial charge in [-0.2, -0.15) is 0 Å². The highest BCUT2D eigenvalue weighted by Gasteiger charge is 2.31. The number of halogens is 1. The Morgan fingerprint density at radius 1 is 0.912 bits per heavy atom. The molecule has 2 aliphatic heterocycles. The Labute approximate surface area is 199 Å². The monoisotopic (exact) mass is 457 g/mol. The van der Waals surface area contributed by atoms with Gasteiger partial charge in [-0.3, -0.25) is 14.5 Å². The molecule has 174 valence electrons. The summed E-state index contributed by atoms with van der Waals surface area (Å²) in [5, 5.41) is 0. The van der Waals surface area contributed by atoms with Gasteiger partial charge in [0.05, 0.1) is 13.1 Å². The van der Waals surface area contributed by atoms with Crippen molar-refractivity contribution in [3.8, 4) is 0 Å². The van der Waals surface area contributed by atoms with Crippen molar-refractivity contribution in [2.45, 2.75) is 19.0 Å². The molecule has 5 rings (SSSR count). The Hall–Kier alpha value is -3.51. The van der Waals surface area contributed by atoms with Gasteiger partial charge in [-0.25, -0.2) is 4.39 Å². The molecule has 0 bridgehead atoms. The lowest BCUT2D eigenvalue weighted by molar-refractivity contribution is -0.140. The van der Waals surface area contributed by atoms with Crippen LogP contribution < -0.4 is 0 Å². The molecule has 1 saturated heterocycles. The van der Waals surface area contributed by atoms with Crippen LogP contribution in [0.25, 0.3) is 0 Å². The third kappa shape index (κ3) is 4.87. The number of benzene rings is 3. The molecule has 0 N–H and O–H groups in total. The Morgan fingerprint density at radius 2 is 1.71 bits per heavy atom. The van der Waals surface area contributed by atoms with E-state index in [0.717, 1.165) is 5.56 Å². The summed E-state index contributed by atoms with van der Waals surface area (Å²) in [7, 11) is 0. The first-order valence-electron chi connectivity index (χ1n) is 11.7. The lowest BCUT2D eigenvalue weighted by atomic mass is 9.84. The predicted octanol–water partition coefficient (Wildman–Crippen LogP) is 3.64. The summed E-state index contributed by atoms with van der Waals surface area (Å²) >= 11 is 0. The minimum Gasteiger partial charge on any atom is -0.336 e. The highest BCUT2D eigenvalue weighted by molar-refractivity contribution is 5.82. The zero-order valence-corrected chi connectivity index (χ0v) is 19.1. The minimum atomic E-state index is -0.300. The van der Waals surface area contributed by atoms with E-state index in [9.17, 15) is 14.0 Å². The minimum absolute atomic E-state index is 0.0329. The molecule has 3 aromatic carbocycles. The smallest absolute Gasteiger partial charge is 0.237 e. The zero-order valence-electron chi connectivity index (χ0n) is 19.1. The van der Waals surface area contributed by atoms with Crippen LogP contribution in [-0.4, -0.2) is 59.2 Å². The van der Waals surface area contributed by atoms with Crippen molar-refractivity contribution in [3.05, 3.63) is 107 Å². The van der Waals surface area contributed by atoms with E-state index in [1.165, 1.54) is 28.8 Å². The summed E-state index contributed by atoms with van der Waals surface area (Å²) in [5.74, 6) is -0.151. The van der Waals surface area contributed by atoms with E-state index in [-0.39, 0.29) is 36.6 Å². The summed E-state index contributed by atoms with van der Waals surface area (Å²) < 4.78 is 13.5. The third-order valence-corrected chi connectivity index (χ3v) is 6.77. The molecule has 1 fully saturated rings. The van der Waals surface area contributed by atoms with E-state index in [2.05, 4.69) is 30.3 Å². The quantitative estimate of drug-likeness (QED) is 0.588. The number of carbonyl (C=O) groups is 2. The Morgan fingerprint density at radius 3 is 2.50 bits per heavy atom. The van der Waals surface area contributed by atoms with Crippen LogP contribution in [0, 0.1) is 5.82 Å². The molecule has 6 heteroatoms. The molecule has 0 saturated carbocycles. The number of nitrogens with zero attached hydrogens (tertiary/aromatic N) is 3. The fourth-order valence-corrected chi connectivity index (χ4v) is 4.97. The molecule has 0 radical (unpaired) electrons. The predicted molar refractivity (Wildman–Crippen MR) is 128 cm³/mol. The first kappa shape index (κ1) is 22.3. The SMILES string of the molecule is O=C1CN(CC(=O)N2Cc3ccccc3C(c3ccccc3)C2)CCN1Cc1cccc(F)c1. The van der Waals surface area contributed by atoms with Crippen LogP contribution >= 0.6 is 0 Å². The van der Waals surface area contributed by atoms with Gasteiger partial charge < -0.3 is 9.80 Å². The maximum atomic E-state index is 13.5. The van der Waals surface area contributed by atoms with Crippen LogP contribution in [0.1, 0.15) is 28.2 Å². The highest BCUT2D eigenvalue weighted by Crippen LogP contribution is 2.33. The van der Waals surface area contributed by atoms with Crippen LogP contribution in [0.2, 0.25) is 0 Å². The summed E-state index contributed by atoms with van der Waals surface area (Å²) in [6.07, 6.45) is 0. The van der Waals surface area contributed by atoms with Gasteiger partial charge in [0.2, 0.25) is 11.8 Å². The lowest BCUT2D eigenvalue weighted by Gasteiger charge is -2.38. The van der Waals surface area contributed by atoms with Gasteiger partial charge in [0.1, 0.15) is 5.82 Å². The fourth-order valence-electron chi connectivity index (χ4n) is 4.97. The number of hydrogen-bond acceptors (Lipinski definition) is 3. The summed E-state index contributed by atoms with van der Waals surface area (Å²) in [5.41, 5.74) is 4.43. The number of hydrogen-bond donors (Lipinski definition) is 0. The van der Waals surface area contributed by atoms with Crippen molar-refractivity contribution in [2.75, 3.05) is 32.7 Å². The van der Waals surface area contributed by atoms with Crippen molar-refractivity contribution in [1.29, 1.82) is 0 Å². The number of rotatable bonds is 5. The van der Waals surface area contributed by atoms with Crippen LogP contribution in [0.4, 0.5) is 4.39 Å². The maximum absolute atomic E-state index is 13.5. The standard InChI is InChI=1S/C28H28FN3O2/c29-24-11-6-7-21(15-24)16-31-14-13-30(19-27(31)33)20-28(34)32-17-23-10-4-5-12-25(23)26(18-32)22-8-2-1-3-9-22/h1-12,15,26H,13-14,16-20H2. The van der Waals surface area contributed by atoms with Gasteiger partial charge in [0.25, 0.3) is 0 Å². The van der Waals surface area contributed by atoms with Gasteiger partial charge in [-0.15, -0.1) is 0 Å². The molecule has 34 heavy (non-hydrogen) atoms. The van der Waals surface area contributed by atoms with Gasteiger partial charge in [-0.1, -0.05) is 66.7 Å². The number of amides is 2. The molecule has 2 heterocycles. The van der Waals surface area contributed by atoms with Crippen molar-refractivity contribution in [2.24, 2.45) is 0 Å². The van der Waals surface area contributed by atoms with E-state index < -0.39 is 0 Å². The lowest BCUT2D eigenvalue weighted by Crippen LogP contribution is -2.53. The first-order valence-corrected chi connectivity index (χ1v) is 11.7. The van der Waals surface area contributed by atoms with E-state index in [1.807, 2.05) is 40.1 Å². The van der Waals surface area contributed by atoms with Gasteiger partial charge in [0, 0.05) is 38.6 Å². The molecule has 1 atom stereocenters. The molecule has 2 amide bonds. The average molecular weight is 458 g/mol. The van der Waals surface area contributed by atoms with Crippen molar-refractivity contribution < 1.29 is 14.0 Å². The fraction of sp³-hybridized carbons (Fsp3) is 0.286. The van der Waals surface area contributed by atoms with E-state index in [1.54, 1.807) is 11.0 Å². The van der Waals surface area contributed by atoms with Crippen LogP contribution in [-0.2, 0) is 22.7 Å². The van der Waals surface area contributed by atoms with E-state index >= 15 is 0 Å². The van der Waals surface area contributed by atoms with Crippen LogP contribution in [0.15, 0.2) is 78.9 Å². The number of piperazine rings is 1. The zero-order chi connectivity index (χ0) is 23.5. The van der Waals surface area contributed by atoms with Crippen molar-refractivity contribution >= 4 is 11.8 Å². The highest BCUT2D eigenvalue weighted by atomic mass is 19.1. The number of carbonyl (C=O) groups excluding carboxylic acids is 2. The molecule has 5 nitrogen and oxygen atoms in total. The molecule has 0 aliphatic carbocycles. The first-order chi connectivity index (χ1) is 16.6. The second-order valence-corrected chi connectivity index (χ2v) is 9.09. The summed E-state index contributed by atoms with van der Waals surface area (Å²) in [6.45, 7) is 3.19. The topological polar surface area (TPSA) is 43.9 Å². The summed E-state index contributed by atoms with van der Waals surface area (Å²) in [4.78, 5) is 31.6. The maximum Gasteiger partial charge on any atom is 0.237 e. The average Bonchev–Trinajstić information content (AvgIpc) is 2.85. The molecule has 0 aromatic heterocycles. The number of fused-ring (bicyclic) bond motifs is 1. The van der Waals surface area contributed by atoms with Gasteiger partial charge >= 0.3 is 0 Å². The molecule has 0 spiro atoms. The Bertz CT molecular complexity index is 1180. The van der Waals surface area contributed by atoms with Gasteiger partial charge in [-0.05, 0) is 34.4 Å². The summed E-state index contributed by atoms with van der Waals surface area (Å²) in [6, 6.07) is 25.0. The van der Waals surface area contributed by atoms with Crippen LogP contribution in [0.5, 0.6) is 0 Å². The van der Waals surface area contributed by atoms with E-state index in [0.29, 0.717) is 32.7 Å². The normalized spacial score (nSPS) is 18.6. The van der Waals surface area contributed by atoms with Crippen molar-refractivity contribution in [1.82, 2.24) is 14.7 Å². The largest absolute Gasteiger partial charge is 0.336 e. The van der Waals surface area contributed by atoms with Crippen molar-refractivity contribution in [3.63, 3.8) is 0 Å². The second kappa shape index (κ2) is 9.77. The molecule has 2 aliphatic rings. The molecular weight excluding hydrogens is 429 g/mol. The Balaban J connectivity index is 1.23. The molecule has 1 unspecified atom stereocenters. The molecular formula is C28H28FN3O2. The van der Waals surface area contributed by atoms with E-state index in [4.69, 9.17) is 0 Å².